The predicted octanol–water partition coefficient (Wildman–Crippen LogP) is 3.44. The van der Waals surface area contributed by atoms with Gasteiger partial charge >= 0.3 is 0 Å². The molecule has 0 spiro atoms. The van der Waals surface area contributed by atoms with Gasteiger partial charge in [0.1, 0.15) is 5.75 Å². The summed E-state index contributed by atoms with van der Waals surface area (Å²) in [5.41, 5.74) is 1.64. The first-order valence-electron chi connectivity index (χ1n) is 9.14. The second-order valence-corrected chi connectivity index (χ2v) is 7.44. The minimum atomic E-state index is -0.148. The topological polar surface area (TPSA) is 73.2 Å². The fourth-order valence-corrected chi connectivity index (χ4v) is 3.16. The third-order valence-electron chi connectivity index (χ3n) is 4.27. The Hall–Kier alpha value is -2.67. The van der Waals surface area contributed by atoms with Gasteiger partial charge in [0.15, 0.2) is 0 Å². The molecular formula is C21H22BrN3O3. The van der Waals surface area contributed by atoms with Crippen LogP contribution in [0.5, 0.6) is 5.75 Å². The molecule has 2 aromatic carbocycles. The molecule has 0 unspecified atom stereocenters. The first kappa shape index (κ1) is 20.1. The normalized spacial score (nSPS) is 10.8. The molecule has 146 valence electrons. The molecule has 28 heavy (non-hydrogen) atoms. The number of halogens is 1. The molecule has 3 rings (SSSR count). The molecule has 0 radical (unpaired) electrons. The van der Waals surface area contributed by atoms with E-state index in [0.29, 0.717) is 37.0 Å². The minimum Gasteiger partial charge on any atom is -0.494 e. The average Bonchev–Trinajstić information content (AvgIpc) is 2.68. The van der Waals surface area contributed by atoms with Crippen LogP contribution in [0.15, 0.2) is 58.1 Å². The second-order valence-electron chi connectivity index (χ2n) is 6.52. The van der Waals surface area contributed by atoms with Crippen molar-refractivity contribution < 1.29 is 9.53 Å². The van der Waals surface area contributed by atoms with E-state index in [9.17, 15) is 9.59 Å². The van der Waals surface area contributed by atoms with Crippen molar-refractivity contribution in [2.45, 2.75) is 26.3 Å². The molecule has 7 heteroatoms. The minimum absolute atomic E-state index is 0.100. The Bertz CT molecular complexity index is 1030. The number of carbonyl (C=O) groups excluding carboxylic acids is 1. The molecule has 1 heterocycles. The molecule has 0 aliphatic rings. The van der Waals surface area contributed by atoms with Gasteiger partial charge in [-0.2, -0.15) is 0 Å². The van der Waals surface area contributed by atoms with Crippen LogP contribution in [0.4, 0.5) is 0 Å². The number of fused-ring (bicyclic) bond motifs is 1. The Balaban J connectivity index is 1.42. The monoisotopic (exact) mass is 443 g/mol. The number of nitrogens with one attached hydrogen (secondary N) is 1. The van der Waals surface area contributed by atoms with Gasteiger partial charge < -0.3 is 10.1 Å². The van der Waals surface area contributed by atoms with Crippen molar-refractivity contribution in [3.63, 3.8) is 0 Å². The first-order valence-corrected chi connectivity index (χ1v) is 9.93. The number of ether oxygens (including phenoxy) is 1. The molecule has 1 amide bonds. The molecule has 0 aliphatic heterocycles. The van der Waals surface area contributed by atoms with Crippen molar-refractivity contribution >= 4 is 32.7 Å². The van der Waals surface area contributed by atoms with E-state index in [1.165, 1.54) is 10.9 Å². The quantitative estimate of drug-likeness (QED) is 0.541. The van der Waals surface area contributed by atoms with Crippen molar-refractivity contribution in [3.8, 4) is 5.75 Å². The first-order chi connectivity index (χ1) is 13.5. The van der Waals surface area contributed by atoms with E-state index >= 15 is 0 Å². The van der Waals surface area contributed by atoms with Gasteiger partial charge in [0.05, 0.1) is 23.8 Å². The van der Waals surface area contributed by atoms with Crippen LogP contribution in [0, 0.1) is 6.92 Å². The van der Waals surface area contributed by atoms with Gasteiger partial charge in [-0.15, -0.1) is 0 Å². The van der Waals surface area contributed by atoms with Crippen molar-refractivity contribution in [3.05, 3.63) is 69.2 Å². The van der Waals surface area contributed by atoms with Crippen LogP contribution in [-0.4, -0.2) is 28.6 Å². The Morgan fingerprint density at radius 3 is 2.93 bits per heavy atom. The lowest BCUT2D eigenvalue weighted by atomic mass is 10.2. The van der Waals surface area contributed by atoms with Crippen LogP contribution in [0.3, 0.4) is 0 Å². The number of hydrogen-bond donors (Lipinski definition) is 1. The Morgan fingerprint density at radius 2 is 2.11 bits per heavy atom. The Morgan fingerprint density at radius 1 is 1.25 bits per heavy atom. The summed E-state index contributed by atoms with van der Waals surface area (Å²) in [4.78, 5) is 28.8. The number of hydrogen-bond acceptors (Lipinski definition) is 4. The van der Waals surface area contributed by atoms with Gasteiger partial charge in [-0.1, -0.05) is 28.1 Å². The van der Waals surface area contributed by atoms with E-state index in [1.54, 1.807) is 12.1 Å². The lowest BCUT2D eigenvalue weighted by Crippen LogP contribution is -2.28. The molecule has 0 saturated heterocycles. The number of aryl methyl sites for hydroxylation is 2. The predicted molar refractivity (Wildman–Crippen MR) is 113 cm³/mol. The van der Waals surface area contributed by atoms with Gasteiger partial charge in [-0.25, -0.2) is 4.98 Å². The summed E-state index contributed by atoms with van der Waals surface area (Å²) in [6, 6.07) is 13.2. The van der Waals surface area contributed by atoms with Gasteiger partial charge in [0, 0.05) is 24.0 Å². The van der Waals surface area contributed by atoms with E-state index in [-0.39, 0.29) is 17.9 Å². The van der Waals surface area contributed by atoms with Crippen LogP contribution < -0.4 is 15.6 Å². The van der Waals surface area contributed by atoms with Crippen molar-refractivity contribution in [2.24, 2.45) is 0 Å². The SMILES string of the molecule is Cc1cccc(OCCCNC(=O)CCn2cnc3ccc(Br)cc3c2=O)c1. The van der Waals surface area contributed by atoms with Gasteiger partial charge in [-0.3, -0.25) is 14.2 Å². The van der Waals surface area contributed by atoms with E-state index in [2.05, 4.69) is 26.2 Å². The highest BCUT2D eigenvalue weighted by atomic mass is 79.9. The molecule has 0 bridgehead atoms. The number of benzene rings is 2. The van der Waals surface area contributed by atoms with Crippen LogP contribution in [-0.2, 0) is 11.3 Å². The number of nitrogens with zero attached hydrogens (tertiary/aromatic N) is 2. The molecule has 6 nitrogen and oxygen atoms in total. The van der Waals surface area contributed by atoms with Gasteiger partial charge in [-0.05, 0) is 49.2 Å². The molecule has 3 aromatic rings. The fraction of sp³-hybridized carbons (Fsp3) is 0.286. The second kappa shape index (κ2) is 9.50. The van der Waals surface area contributed by atoms with E-state index in [0.717, 1.165) is 15.8 Å². The zero-order valence-electron chi connectivity index (χ0n) is 15.7. The zero-order valence-corrected chi connectivity index (χ0v) is 17.2. The summed E-state index contributed by atoms with van der Waals surface area (Å²) in [5.74, 6) is 0.734. The van der Waals surface area contributed by atoms with Crippen LogP contribution in [0.2, 0.25) is 0 Å². The molecule has 0 fully saturated rings. The molecule has 1 N–H and O–H groups in total. The molecule has 0 atom stereocenters. The summed E-state index contributed by atoms with van der Waals surface area (Å²) >= 11 is 3.36. The largest absolute Gasteiger partial charge is 0.494 e. The average molecular weight is 444 g/mol. The molecular weight excluding hydrogens is 422 g/mol. The third kappa shape index (κ3) is 5.42. The van der Waals surface area contributed by atoms with E-state index in [1.807, 2.05) is 37.3 Å². The van der Waals surface area contributed by atoms with Gasteiger partial charge in [0.2, 0.25) is 5.91 Å². The standard InChI is InChI=1S/C21H22BrN3O3/c1-15-4-2-5-17(12-15)28-11-3-9-23-20(26)8-10-25-14-24-19-7-6-16(22)13-18(19)21(25)27/h2,4-7,12-14H,3,8-11H2,1H3,(H,23,26). The zero-order chi connectivity index (χ0) is 19.9. The summed E-state index contributed by atoms with van der Waals surface area (Å²) < 4.78 is 7.94. The molecule has 0 aliphatic carbocycles. The van der Waals surface area contributed by atoms with Crippen LogP contribution >= 0.6 is 15.9 Å². The summed E-state index contributed by atoms with van der Waals surface area (Å²) in [6.45, 7) is 3.37. The highest BCUT2D eigenvalue weighted by molar-refractivity contribution is 9.10. The third-order valence-corrected chi connectivity index (χ3v) is 4.76. The van der Waals surface area contributed by atoms with E-state index < -0.39 is 0 Å². The lowest BCUT2D eigenvalue weighted by Gasteiger charge is -2.09. The highest BCUT2D eigenvalue weighted by Crippen LogP contribution is 2.15. The van der Waals surface area contributed by atoms with Crippen molar-refractivity contribution in [1.82, 2.24) is 14.9 Å². The number of carbonyl (C=O) groups is 1. The Labute approximate surface area is 171 Å². The van der Waals surface area contributed by atoms with Crippen molar-refractivity contribution in [2.75, 3.05) is 13.2 Å². The van der Waals surface area contributed by atoms with E-state index in [4.69, 9.17) is 4.74 Å². The van der Waals surface area contributed by atoms with Crippen LogP contribution in [0.1, 0.15) is 18.4 Å². The number of amides is 1. The summed E-state index contributed by atoms with van der Waals surface area (Å²) in [6.07, 6.45) is 2.42. The maximum absolute atomic E-state index is 12.5. The maximum Gasteiger partial charge on any atom is 0.261 e. The number of aromatic nitrogens is 2. The Kier molecular flexibility index (Phi) is 6.81. The summed E-state index contributed by atoms with van der Waals surface area (Å²) in [7, 11) is 0. The van der Waals surface area contributed by atoms with Crippen LogP contribution in [0.25, 0.3) is 10.9 Å². The lowest BCUT2D eigenvalue weighted by molar-refractivity contribution is -0.121. The smallest absolute Gasteiger partial charge is 0.261 e. The molecule has 1 aromatic heterocycles. The van der Waals surface area contributed by atoms with Crippen molar-refractivity contribution in [1.29, 1.82) is 0 Å². The number of rotatable bonds is 8. The highest BCUT2D eigenvalue weighted by Gasteiger charge is 2.07. The molecule has 0 saturated carbocycles. The van der Waals surface area contributed by atoms with Gasteiger partial charge in [0.25, 0.3) is 5.56 Å². The fourth-order valence-electron chi connectivity index (χ4n) is 2.80. The summed E-state index contributed by atoms with van der Waals surface area (Å²) in [5, 5.41) is 3.39. The maximum atomic E-state index is 12.5.